The molecule has 1 fully saturated rings. The number of hydrogen-bond acceptors (Lipinski definition) is 4. The Hall–Kier alpha value is -2.95. The van der Waals surface area contributed by atoms with Crippen molar-refractivity contribution in [1.29, 1.82) is 0 Å². The molecule has 5 heteroatoms. The van der Waals surface area contributed by atoms with Crippen molar-refractivity contribution in [3.63, 3.8) is 0 Å². The summed E-state index contributed by atoms with van der Waals surface area (Å²) in [6.07, 6.45) is 1.88. The van der Waals surface area contributed by atoms with E-state index in [2.05, 4.69) is 89.9 Å². The van der Waals surface area contributed by atoms with Crippen LogP contribution in [0.25, 0.3) is 0 Å². The van der Waals surface area contributed by atoms with Crippen LogP contribution in [0.15, 0.2) is 60.7 Å². The van der Waals surface area contributed by atoms with Crippen LogP contribution in [-0.2, 0) is 18.4 Å². The fourth-order valence-corrected chi connectivity index (χ4v) is 4.19. The Labute approximate surface area is 186 Å². The molecule has 0 spiro atoms. The Kier molecular flexibility index (Phi) is 6.21. The molecule has 0 radical (unpaired) electrons. The van der Waals surface area contributed by atoms with Crippen LogP contribution in [-0.4, -0.2) is 43.1 Å². The summed E-state index contributed by atoms with van der Waals surface area (Å²) in [5.74, 6) is 2.15. The molecule has 0 atom stereocenters. The normalized spacial score (nSPS) is 14.7. The van der Waals surface area contributed by atoms with E-state index in [9.17, 15) is 0 Å². The molecule has 0 unspecified atom stereocenters. The smallest absolute Gasteiger partial charge is 0.127 e. The van der Waals surface area contributed by atoms with Crippen molar-refractivity contribution < 1.29 is 4.74 Å². The Morgan fingerprint density at radius 3 is 2.23 bits per heavy atom. The highest BCUT2D eigenvalue weighted by Crippen LogP contribution is 2.27. The summed E-state index contributed by atoms with van der Waals surface area (Å²) in [5, 5.41) is 5.02. The van der Waals surface area contributed by atoms with E-state index in [4.69, 9.17) is 9.84 Å². The molecule has 1 aliphatic rings. The largest absolute Gasteiger partial charge is 0.497 e. The van der Waals surface area contributed by atoms with Crippen molar-refractivity contribution in [2.75, 3.05) is 43.1 Å². The first kappa shape index (κ1) is 21.3. The third-order valence-corrected chi connectivity index (χ3v) is 5.91. The van der Waals surface area contributed by atoms with Gasteiger partial charge < -0.3 is 14.5 Å². The fourth-order valence-electron chi connectivity index (χ4n) is 4.19. The van der Waals surface area contributed by atoms with Crippen molar-refractivity contribution in [2.24, 2.45) is 0 Å². The maximum atomic E-state index is 5.36. The number of aromatic nitrogens is 2. The van der Waals surface area contributed by atoms with Crippen LogP contribution >= 0.6 is 0 Å². The zero-order valence-electron chi connectivity index (χ0n) is 19.2. The predicted octanol–water partition coefficient (Wildman–Crippen LogP) is 4.76. The topological polar surface area (TPSA) is 33.5 Å². The second kappa shape index (κ2) is 9.04. The number of rotatable bonds is 6. The molecular formula is C26H34N4O. The molecule has 2 aromatic carbocycles. The number of aryl methyl sites for hydroxylation is 2. The monoisotopic (exact) mass is 418 g/mol. The minimum absolute atomic E-state index is 0.0554. The van der Waals surface area contributed by atoms with E-state index in [-0.39, 0.29) is 5.54 Å². The predicted molar refractivity (Wildman–Crippen MR) is 128 cm³/mol. The quantitative estimate of drug-likeness (QED) is 0.578. The van der Waals surface area contributed by atoms with Crippen LogP contribution in [0.4, 0.5) is 11.5 Å². The molecule has 5 nitrogen and oxygen atoms in total. The number of para-hydroxylation sites is 1. The average Bonchev–Trinajstić information content (AvgIpc) is 3.24. The third-order valence-electron chi connectivity index (χ3n) is 5.91. The van der Waals surface area contributed by atoms with E-state index < -0.39 is 0 Å². The van der Waals surface area contributed by atoms with Gasteiger partial charge in [0, 0.05) is 37.9 Å². The summed E-state index contributed by atoms with van der Waals surface area (Å²) in [7, 11) is 1.72. The number of benzene rings is 2. The van der Waals surface area contributed by atoms with Crippen LogP contribution in [0.2, 0.25) is 0 Å². The van der Waals surface area contributed by atoms with Gasteiger partial charge in [0.2, 0.25) is 0 Å². The number of piperazine rings is 1. The molecule has 1 aliphatic heterocycles. The lowest BCUT2D eigenvalue weighted by Crippen LogP contribution is -2.47. The summed E-state index contributed by atoms with van der Waals surface area (Å²) in [4.78, 5) is 4.96. The molecule has 4 rings (SSSR count). The van der Waals surface area contributed by atoms with Gasteiger partial charge in [-0.15, -0.1) is 0 Å². The minimum Gasteiger partial charge on any atom is -0.497 e. The first-order valence-electron chi connectivity index (χ1n) is 11.2. The molecule has 31 heavy (non-hydrogen) atoms. The van der Waals surface area contributed by atoms with E-state index in [0.717, 1.165) is 50.5 Å². The summed E-state index contributed by atoms with van der Waals surface area (Å²) < 4.78 is 7.58. The molecule has 0 saturated carbocycles. The molecular weight excluding hydrogens is 384 g/mol. The molecule has 2 heterocycles. The Balaban J connectivity index is 1.47. The van der Waals surface area contributed by atoms with E-state index in [1.807, 2.05) is 6.07 Å². The summed E-state index contributed by atoms with van der Waals surface area (Å²) in [5.41, 5.74) is 3.69. The van der Waals surface area contributed by atoms with Gasteiger partial charge >= 0.3 is 0 Å². The zero-order valence-corrected chi connectivity index (χ0v) is 19.2. The second-order valence-electron chi connectivity index (χ2n) is 9.24. The maximum absolute atomic E-state index is 5.36. The van der Waals surface area contributed by atoms with Gasteiger partial charge in [0.25, 0.3) is 0 Å². The number of nitrogens with zero attached hydrogens (tertiary/aromatic N) is 4. The van der Waals surface area contributed by atoms with Crippen LogP contribution < -0.4 is 14.5 Å². The van der Waals surface area contributed by atoms with Crippen LogP contribution in [0.1, 0.15) is 32.0 Å². The number of anilines is 2. The second-order valence-corrected chi connectivity index (χ2v) is 9.24. The van der Waals surface area contributed by atoms with E-state index in [0.29, 0.717) is 0 Å². The van der Waals surface area contributed by atoms with Crippen molar-refractivity contribution >= 4 is 11.5 Å². The molecule has 0 N–H and O–H groups in total. The summed E-state index contributed by atoms with van der Waals surface area (Å²) >= 11 is 0. The SMILES string of the molecule is COc1cccc(CCc2cc(N3CCN(c4ccccc4)CC3)n(C(C)(C)C)n2)c1. The number of ether oxygens (including phenoxy) is 1. The van der Waals surface area contributed by atoms with Gasteiger partial charge in [-0.1, -0.05) is 30.3 Å². The van der Waals surface area contributed by atoms with Crippen molar-refractivity contribution in [1.82, 2.24) is 9.78 Å². The molecule has 1 aromatic heterocycles. The fraction of sp³-hybridized carbons (Fsp3) is 0.423. The molecule has 0 amide bonds. The third kappa shape index (κ3) is 5.04. The Morgan fingerprint density at radius 2 is 1.55 bits per heavy atom. The lowest BCUT2D eigenvalue weighted by atomic mass is 10.1. The van der Waals surface area contributed by atoms with Crippen molar-refractivity contribution in [3.8, 4) is 5.75 Å². The van der Waals surface area contributed by atoms with Crippen molar-refractivity contribution in [3.05, 3.63) is 71.9 Å². The van der Waals surface area contributed by atoms with E-state index >= 15 is 0 Å². The van der Waals surface area contributed by atoms with E-state index in [1.165, 1.54) is 17.1 Å². The summed E-state index contributed by atoms with van der Waals surface area (Å²) in [6, 6.07) is 21.3. The van der Waals surface area contributed by atoms with Gasteiger partial charge in [-0.05, 0) is 63.4 Å². The first-order chi connectivity index (χ1) is 14.9. The molecule has 0 bridgehead atoms. The van der Waals surface area contributed by atoms with Gasteiger partial charge in [-0.25, -0.2) is 4.68 Å². The highest BCUT2D eigenvalue weighted by atomic mass is 16.5. The maximum Gasteiger partial charge on any atom is 0.127 e. The zero-order chi connectivity index (χ0) is 21.8. The van der Waals surface area contributed by atoms with Crippen molar-refractivity contribution in [2.45, 2.75) is 39.2 Å². The molecule has 3 aromatic rings. The minimum atomic E-state index is -0.0554. The van der Waals surface area contributed by atoms with Gasteiger partial charge in [-0.2, -0.15) is 5.10 Å². The van der Waals surface area contributed by atoms with E-state index in [1.54, 1.807) is 7.11 Å². The van der Waals surface area contributed by atoms with Gasteiger partial charge in [0.1, 0.15) is 11.6 Å². The Morgan fingerprint density at radius 1 is 0.839 bits per heavy atom. The first-order valence-corrected chi connectivity index (χ1v) is 11.2. The molecule has 164 valence electrons. The Bertz CT molecular complexity index is 982. The molecule has 0 aliphatic carbocycles. The van der Waals surface area contributed by atoms with Gasteiger partial charge in [-0.3, -0.25) is 0 Å². The standard InChI is InChI=1S/C26H34N4O/c1-26(2,3)30-25(29-17-15-28(16-18-29)23-10-6-5-7-11-23)20-22(27-30)14-13-21-9-8-12-24(19-21)31-4/h5-12,19-20H,13-18H2,1-4H3. The summed E-state index contributed by atoms with van der Waals surface area (Å²) in [6.45, 7) is 10.8. The highest BCUT2D eigenvalue weighted by Gasteiger charge is 2.26. The van der Waals surface area contributed by atoms with Gasteiger partial charge in [0.15, 0.2) is 0 Å². The number of hydrogen-bond donors (Lipinski definition) is 0. The van der Waals surface area contributed by atoms with Gasteiger partial charge in [0.05, 0.1) is 18.3 Å². The average molecular weight is 419 g/mol. The lowest BCUT2D eigenvalue weighted by Gasteiger charge is -2.38. The van der Waals surface area contributed by atoms with Crippen LogP contribution in [0.3, 0.4) is 0 Å². The van der Waals surface area contributed by atoms with Crippen LogP contribution in [0, 0.1) is 0 Å². The molecule has 1 saturated heterocycles. The van der Waals surface area contributed by atoms with Crippen LogP contribution in [0.5, 0.6) is 5.75 Å². The lowest BCUT2D eigenvalue weighted by molar-refractivity contribution is 0.352. The highest BCUT2D eigenvalue weighted by molar-refractivity contribution is 5.50. The number of methoxy groups -OCH3 is 1.